The van der Waals surface area contributed by atoms with Crippen molar-refractivity contribution in [3.63, 3.8) is 0 Å². The van der Waals surface area contributed by atoms with Crippen LogP contribution in [0.4, 0.5) is 0 Å². The molecule has 1 aliphatic heterocycles. The highest BCUT2D eigenvalue weighted by molar-refractivity contribution is 5.79. The van der Waals surface area contributed by atoms with Gasteiger partial charge in [0, 0.05) is 39.8 Å². The standard InChI is InChI=1S/C24H34N4O2/c1-3-25-24(26-16-20-7-6-8-21(15-20)19-29-2)27-17-22-9-4-5-10-23(22)18-28-11-13-30-14-12-28/h4-10,15H,3,11-14,16-19H2,1-2H3,(H2,25,26,27). The smallest absolute Gasteiger partial charge is 0.191 e. The number of methoxy groups -OCH3 is 1. The van der Waals surface area contributed by atoms with Crippen LogP contribution in [0.1, 0.15) is 29.2 Å². The van der Waals surface area contributed by atoms with Crippen molar-refractivity contribution < 1.29 is 9.47 Å². The zero-order chi connectivity index (χ0) is 21.0. The number of hydrogen-bond acceptors (Lipinski definition) is 4. The van der Waals surface area contributed by atoms with Crippen LogP contribution in [0.5, 0.6) is 0 Å². The number of benzene rings is 2. The molecule has 3 rings (SSSR count). The van der Waals surface area contributed by atoms with Crippen molar-refractivity contribution in [1.29, 1.82) is 0 Å². The summed E-state index contributed by atoms with van der Waals surface area (Å²) < 4.78 is 10.7. The first-order valence-corrected chi connectivity index (χ1v) is 10.7. The Kier molecular flexibility index (Phi) is 9.15. The topological polar surface area (TPSA) is 58.1 Å². The van der Waals surface area contributed by atoms with Crippen LogP contribution in [-0.2, 0) is 35.7 Å². The van der Waals surface area contributed by atoms with Gasteiger partial charge in [0.05, 0.1) is 26.4 Å². The van der Waals surface area contributed by atoms with Crippen LogP contribution in [0.3, 0.4) is 0 Å². The molecule has 0 amide bonds. The number of rotatable bonds is 9. The lowest BCUT2D eigenvalue weighted by Crippen LogP contribution is -2.38. The van der Waals surface area contributed by atoms with Crippen LogP contribution < -0.4 is 10.6 Å². The molecule has 0 radical (unpaired) electrons. The maximum atomic E-state index is 5.47. The second-order valence-corrected chi connectivity index (χ2v) is 7.46. The van der Waals surface area contributed by atoms with Crippen molar-refractivity contribution in [2.75, 3.05) is 40.0 Å². The Bertz CT molecular complexity index is 803. The van der Waals surface area contributed by atoms with Crippen molar-refractivity contribution in [2.24, 2.45) is 4.99 Å². The van der Waals surface area contributed by atoms with Gasteiger partial charge in [-0.2, -0.15) is 0 Å². The monoisotopic (exact) mass is 410 g/mol. The van der Waals surface area contributed by atoms with E-state index in [1.165, 1.54) is 22.3 Å². The third-order valence-electron chi connectivity index (χ3n) is 5.13. The number of guanidine groups is 1. The largest absolute Gasteiger partial charge is 0.380 e. The van der Waals surface area contributed by atoms with Gasteiger partial charge >= 0.3 is 0 Å². The van der Waals surface area contributed by atoms with Crippen LogP contribution in [0.25, 0.3) is 0 Å². The average Bonchev–Trinajstić information content (AvgIpc) is 2.78. The van der Waals surface area contributed by atoms with E-state index in [2.05, 4.69) is 71.0 Å². The minimum absolute atomic E-state index is 0.621. The molecule has 0 unspecified atom stereocenters. The molecule has 1 fully saturated rings. The first-order valence-electron chi connectivity index (χ1n) is 10.7. The highest BCUT2D eigenvalue weighted by Gasteiger charge is 2.12. The molecule has 2 aromatic carbocycles. The first kappa shape index (κ1) is 22.3. The van der Waals surface area contributed by atoms with E-state index in [-0.39, 0.29) is 0 Å². The van der Waals surface area contributed by atoms with Gasteiger partial charge in [-0.05, 0) is 29.2 Å². The molecule has 30 heavy (non-hydrogen) atoms. The molecule has 0 atom stereocenters. The zero-order valence-corrected chi connectivity index (χ0v) is 18.2. The summed E-state index contributed by atoms with van der Waals surface area (Å²) in [6.07, 6.45) is 0. The third-order valence-corrected chi connectivity index (χ3v) is 5.13. The normalized spacial score (nSPS) is 15.2. The van der Waals surface area contributed by atoms with E-state index in [0.717, 1.165) is 51.9 Å². The number of nitrogens with zero attached hydrogens (tertiary/aromatic N) is 2. The predicted octanol–water partition coefficient (Wildman–Crippen LogP) is 2.92. The predicted molar refractivity (Wildman–Crippen MR) is 121 cm³/mol. The first-order chi connectivity index (χ1) is 14.8. The Morgan fingerprint density at radius 3 is 2.57 bits per heavy atom. The molecule has 1 aliphatic rings. The van der Waals surface area contributed by atoms with Crippen LogP contribution in [0, 0.1) is 0 Å². The molecule has 0 aromatic heterocycles. The fourth-order valence-corrected chi connectivity index (χ4v) is 3.56. The fraction of sp³-hybridized carbons (Fsp3) is 0.458. The second-order valence-electron chi connectivity index (χ2n) is 7.46. The van der Waals surface area contributed by atoms with Crippen molar-refractivity contribution in [2.45, 2.75) is 33.2 Å². The van der Waals surface area contributed by atoms with Gasteiger partial charge in [-0.15, -0.1) is 0 Å². The average molecular weight is 411 g/mol. The molecule has 1 saturated heterocycles. The molecule has 162 valence electrons. The molecular formula is C24H34N4O2. The minimum atomic E-state index is 0.621. The van der Waals surface area contributed by atoms with Gasteiger partial charge in [-0.1, -0.05) is 48.5 Å². The lowest BCUT2D eigenvalue weighted by Gasteiger charge is -2.27. The molecule has 0 spiro atoms. The summed E-state index contributed by atoms with van der Waals surface area (Å²) in [4.78, 5) is 7.23. The van der Waals surface area contributed by atoms with E-state index < -0.39 is 0 Å². The summed E-state index contributed by atoms with van der Waals surface area (Å²) in [6.45, 7) is 9.50. The molecule has 0 aliphatic carbocycles. The van der Waals surface area contributed by atoms with Gasteiger partial charge in [0.1, 0.15) is 0 Å². The maximum Gasteiger partial charge on any atom is 0.191 e. The van der Waals surface area contributed by atoms with E-state index in [1.54, 1.807) is 7.11 Å². The molecule has 6 nitrogen and oxygen atoms in total. The molecule has 0 saturated carbocycles. The van der Waals surface area contributed by atoms with Crippen molar-refractivity contribution >= 4 is 5.96 Å². The van der Waals surface area contributed by atoms with Crippen LogP contribution in [0.15, 0.2) is 53.5 Å². The summed E-state index contributed by atoms with van der Waals surface area (Å²) in [6, 6.07) is 17.0. The Labute approximate surface area is 180 Å². The summed E-state index contributed by atoms with van der Waals surface area (Å²) >= 11 is 0. The van der Waals surface area contributed by atoms with Gasteiger partial charge in [-0.3, -0.25) is 4.90 Å². The quantitative estimate of drug-likeness (QED) is 0.492. The summed E-state index contributed by atoms with van der Waals surface area (Å²) in [5, 5.41) is 6.85. The van der Waals surface area contributed by atoms with E-state index >= 15 is 0 Å². The van der Waals surface area contributed by atoms with Gasteiger partial charge < -0.3 is 20.1 Å². The SMILES string of the molecule is CCNC(=NCc1cccc(COC)c1)NCc1ccccc1CN1CCOCC1. The Balaban J connectivity index is 1.61. The van der Waals surface area contributed by atoms with Gasteiger partial charge in [0.2, 0.25) is 0 Å². The highest BCUT2D eigenvalue weighted by atomic mass is 16.5. The van der Waals surface area contributed by atoms with Crippen molar-refractivity contribution in [3.8, 4) is 0 Å². The van der Waals surface area contributed by atoms with E-state index in [0.29, 0.717) is 13.2 Å². The van der Waals surface area contributed by atoms with Gasteiger partial charge in [0.15, 0.2) is 5.96 Å². The fourth-order valence-electron chi connectivity index (χ4n) is 3.56. The van der Waals surface area contributed by atoms with Crippen molar-refractivity contribution in [1.82, 2.24) is 15.5 Å². The summed E-state index contributed by atoms with van der Waals surface area (Å²) in [5.74, 6) is 0.829. The number of ether oxygens (including phenoxy) is 2. The highest BCUT2D eigenvalue weighted by Crippen LogP contribution is 2.13. The zero-order valence-electron chi connectivity index (χ0n) is 18.2. The molecule has 6 heteroatoms. The second kappa shape index (κ2) is 12.3. The molecular weight excluding hydrogens is 376 g/mol. The molecule has 2 aromatic rings. The van der Waals surface area contributed by atoms with Gasteiger partial charge in [0.25, 0.3) is 0 Å². The van der Waals surface area contributed by atoms with Crippen LogP contribution >= 0.6 is 0 Å². The van der Waals surface area contributed by atoms with E-state index in [9.17, 15) is 0 Å². The third kappa shape index (κ3) is 7.13. The molecule has 0 bridgehead atoms. The maximum absolute atomic E-state index is 5.47. The van der Waals surface area contributed by atoms with Gasteiger partial charge in [-0.25, -0.2) is 4.99 Å². The molecule has 2 N–H and O–H groups in total. The minimum Gasteiger partial charge on any atom is -0.380 e. The number of aliphatic imine (C=N–C) groups is 1. The Morgan fingerprint density at radius 2 is 1.80 bits per heavy atom. The number of hydrogen-bond donors (Lipinski definition) is 2. The van der Waals surface area contributed by atoms with Crippen molar-refractivity contribution in [3.05, 3.63) is 70.8 Å². The lowest BCUT2D eigenvalue weighted by molar-refractivity contribution is 0.0341. The van der Waals surface area contributed by atoms with E-state index in [4.69, 9.17) is 14.5 Å². The van der Waals surface area contributed by atoms with Crippen LogP contribution in [0.2, 0.25) is 0 Å². The molecule has 1 heterocycles. The number of morpholine rings is 1. The Hall–Kier alpha value is -2.41. The summed E-state index contributed by atoms with van der Waals surface area (Å²) in [5.41, 5.74) is 5.00. The lowest BCUT2D eigenvalue weighted by atomic mass is 10.1. The van der Waals surface area contributed by atoms with Crippen LogP contribution in [-0.4, -0.2) is 50.8 Å². The summed E-state index contributed by atoms with van der Waals surface area (Å²) in [7, 11) is 1.72. The number of nitrogens with one attached hydrogen (secondary N) is 2. The Morgan fingerprint density at radius 1 is 1.03 bits per heavy atom. The van der Waals surface area contributed by atoms with E-state index in [1.807, 2.05) is 0 Å².